The Labute approximate surface area is 208 Å². The summed E-state index contributed by atoms with van der Waals surface area (Å²) in [6.45, 7) is 8.76. The summed E-state index contributed by atoms with van der Waals surface area (Å²) in [5.74, 6) is 1.47. The average molecular weight is 476 g/mol. The van der Waals surface area contributed by atoms with Gasteiger partial charge in [-0.1, -0.05) is 29.8 Å². The first-order valence-corrected chi connectivity index (χ1v) is 12.9. The number of amides is 2. The van der Waals surface area contributed by atoms with Gasteiger partial charge in [0.25, 0.3) is 5.91 Å². The van der Waals surface area contributed by atoms with Crippen LogP contribution in [0.3, 0.4) is 0 Å². The molecular formula is C29H37N3O3. The molecule has 35 heavy (non-hydrogen) atoms. The van der Waals surface area contributed by atoms with Crippen molar-refractivity contribution >= 4 is 17.6 Å². The van der Waals surface area contributed by atoms with Gasteiger partial charge in [0.05, 0.1) is 0 Å². The van der Waals surface area contributed by atoms with Crippen molar-refractivity contribution in [2.45, 2.75) is 39.5 Å². The fourth-order valence-electron chi connectivity index (χ4n) is 4.84. The van der Waals surface area contributed by atoms with E-state index in [9.17, 15) is 9.59 Å². The SMILES string of the molecule is CCN(CC)C(=O)c1ccc(C(=C2CCN(CC3CC3)CC2)c2cccc(OC(=O)NC)c2)cc1. The molecule has 2 aromatic rings. The molecule has 2 aliphatic rings. The lowest BCUT2D eigenvalue weighted by molar-refractivity contribution is 0.0773. The van der Waals surface area contributed by atoms with Crippen molar-refractivity contribution in [1.29, 1.82) is 0 Å². The van der Waals surface area contributed by atoms with Crippen LogP contribution in [0.5, 0.6) is 5.75 Å². The van der Waals surface area contributed by atoms with Gasteiger partial charge >= 0.3 is 6.09 Å². The first-order chi connectivity index (χ1) is 17.0. The number of piperidine rings is 1. The molecule has 0 aromatic heterocycles. The number of likely N-dealkylation sites (tertiary alicyclic amines) is 1. The molecule has 0 spiro atoms. The van der Waals surface area contributed by atoms with E-state index in [0.717, 1.165) is 43.0 Å². The highest BCUT2D eigenvalue weighted by Gasteiger charge is 2.27. The fourth-order valence-corrected chi connectivity index (χ4v) is 4.84. The number of hydrogen-bond acceptors (Lipinski definition) is 4. The van der Waals surface area contributed by atoms with Crippen molar-refractivity contribution in [1.82, 2.24) is 15.1 Å². The van der Waals surface area contributed by atoms with Crippen LogP contribution in [0.2, 0.25) is 0 Å². The van der Waals surface area contributed by atoms with Crippen LogP contribution in [0.25, 0.3) is 5.57 Å². The van der Waals surface area contributed by atoms with Gasteiger partial charge in [0, 0.05) is 45.3 Å². The van der Waals surface area contributed by atoms with E-state index in [1.807, 2.05) is 43.0 Å². The second kappa shape index (κ2) is 11.5. The minimum absolute atomic E-state index is 0.0603. The zero-order valence-electron chi connectivity index (χ0n) is 21.2. The van der Waals surface area contributed by atoms with Gasteiger partial charge in [-0.25, -0.2) is 4.79 Å². The molecule has 1 aliphatic heterocycles. The van der Waals surface area contributed by atoms with Crippen LogP contribution in [0.1, 0.15) is 61.0 Å². The summed E-state index contributed by atoms with van der Waals surface area (Å²) >= 11 is 0. The second-order valence-electron chi connectivity index (χ2n) is 9.44. The summed E-state index contributed by atoms with van der Waals surface area (Å²) in [7, 11) is 1.55. The Bertz CT molecular complexity index is 1060. The zero-order valence-corrected chi connectivity index (χ0v) is 21.2. The van der Waals surface area contributed by atoms with Crippen LogP contribution >= 0.6 is 0 Å². The third-order valence-corrected chi connectivity index (χ3v) is 7.04. The molecule has 1 saturated heterocycles. The Morgan fingerprint density at radius 3 is 2.23 bits per heavy atom. The highest BCUT2D eigenvalue weighted by Crippen LogP contribution is 2.36. The molecule has 0 radical (unpaired) electrons. The Morgan fingerprint density at radius 1 is 0.971 bits per heavy atom. The molecule has 1 saturated carbocycles. The van der Waals surface area contributed by atoms with E-state index < -0.39 is 6.09 Å². The van der Waals surface area contributed by atoms with Crippen LogP contribution in [0.15, 0.2) is 54.1 Å². The lowest BCUT2D eigenvalue weighted by atomic mass is 9.88. The number of nitrogens with one attached hydrogen (secondary N) is 1. The first kappa shape index (κ1) is 25.0. The van der Waals surface area contributed by atoms with E-state index in [2.05, 4.69) is 28.4 Å². The maximum Gasteiger partial charge on any atom is 0.412 e. The van der Waals surface area contributed by atoms with Gasteiger partial charge in [0.2, 0.25) is 0 Å². The number of rotatable bonds is 8. The fraction of sp³-hybridized carbons (Fsp3) is 0.448. The van der Waals surface area contributed by atoms with Crippen molar-refractivity contribution in [3.05, 3.63) is 70.8 Å². The molecule has 4 rings (SSSR count). The summed E-state index contributed by atoms with van der Waals surface area (Å²) < 4.78 is 5.42. The summed E-state index contributed by atoms with van der Waals surface area (Å²) in [6, 6.07) is 15.7. The molecule has 0 bridgehead atoms. The van der Waals surface area contributed by atoms with Crippen molar-refractivity contribution in [2.75, 3.05) is 39.8 Å². The molecule has 1 aliphatic carbocycles. The van der Waals surface area contributed by atoms with Crippen molar-refractivity contribution in [3.8, 4) is 5.75 Å². The van der Waals surface area contributed by atoms with Gasteiger partial charge in [-0.2, -0.15) is 0 Å². The van der Waals surface area contributed by atoms with Gasteiger partial charge in [-0.15, -0.1) is 0 Å². The van der Waals surface area contributed by atoms with E-state index in [1.165, 1.54) is 30.5 Å². The normalized spacial score (nSPS) is 16.0. The predicted molar refractivity (Wildman–Crippen MR) is 140 cm³/mol. The van der Waals surface area contributed by atoms with Crippen LogP contribution < -0.4 is 10.1 Å². The van der Waals surface area contributed by atoms with Crippen LogP contribution in [-0.4, -0.2) is 61.6 Å². The molecule has 6 nitrogen and oxygen atoms in total. The standard InChI is InChI=1S/C29H37N3O3/c1-4-32(5-2)28(33)24-13-11-22(12-14-24)27(23-15-17-31(18-16-23)20-21-9-10-21)25-7-6-8-26(19-25)35-29(34)30-3/h6-8,11-14,19,21H,4-5,9-10,15-18,20H2,1-3H3,(H,30,34). The van der Waals surface area contributed by atoms with Gasteiger partial charge in [0.15, 0.2) is 0 Å². The summed E-state index contributed by atoms with van der Waals surface area (Å²) in [5.41, 5.74) is 5.42. The first-order valence-electron chi connectivity index (χ1n) is 12.9. The van der Waals surface area contributed by atoms with Crippen LogP contribution in [0, 0.1) is 5.92 Å². The predicted octanol–water partition coefficient (Wildman–Crippen LogP) is 5.19. The van der Waals surface area contributed by atoms with E-state index in [1.54, 1.807) is 13.1 Å². The Balaban J connectivity index is 1.65. The number of ether oxygens (including phenoxy) is 1. The maximum atomic E-state index is 12.8. The lowest BCUT2D eigenvalue weighted by Gasteiger charge is -2.30. The molecule has 0 unspecified atom stereocenters. The van der Waals surface area contributed by atoms with Crippen molar-refractivity contribution < 1.29 is 14.3 Å². The molecule has 6 heteroatoms. The number of benzene rings is 2. The number of carbonyl (C=O) groups is 2. The molecule has 186 valence electrons. The molecule has 2 fully saturated rings. The minimum atomic E-state index is -0.482. The van der Waals surface area contributed by atoms with Gasteiger partial charge in [-0.05, 0) is 86.4 Å². The second-order valence-corrected chi connectivity index (χ2v) is 9.44. The van der Waals surface area contributed by atoms with Gasteiger partial charge in [0.1, 0.15) is 5.75 Å². The molecular weight excluding hydrogens is 438 g/mol. The topological polar surface area (TPSA) is 61.9 Å². The summed E-state index contributed by atoms with van der Waals surface area (Å²) in [6.07, 6.45) is 4.30. The molecule has 1 N–H and O–H groups in total. The van der Waals surface area contributed by atoms with Crippen LogP contribution in [0.4, 0.5) is 4.79 Å². The highest BCUT2D eigenvalue weighted by molar-refractivity contribution is 5.95. The van der Waals surface area contributed by atoms with E-state index in [-0.39, 0.29) is 5.91 Å². The van der Waals surface area contributed by atoms with Crippen molar-refractivity contribution in [2.24, 2.45) is 5.92 Å². The average Bonchev–Trinajstić information content (AvgIpc) is 3.70. The summed E-state index contributed by atoms with van der Waals surface area (Å²) in [4.78, 5) is 29.0. The van der Waals surface area contributed by atoms with Crippen LogP contribution in [-0.2, 0) is 0 Å². The number of hydrogen-bond donors (Lipinski definition) is 1. The zero-order chi connectivity index (χ0) is 24.8. The quantitative estimate of drug-likeness (QED) is 0.570. The molecule has 2 amide bonds. The minimum Gasteiger partial charge on any atom is -0.410 e. The smallest absolute Gasteiger partial charge is 0.410 e. The third kappa shape index (κ3) is 6.31. The molecule has 0 atom stereocenters. The van der Waals surface area contributed by atoms with Gasteiger partial charge < -0.3 is 19.9 Å². The monoisotopic (exact) mass is 475 g/mol. The Hall–Kier alpha value is -3.12. The third-order valence-electron chi connectivity index (χ3n) is 7.04. The maximum absolute atomic E-state index is 12.8. The number of carbonyl (C=O) groups excluding carboxylic acids is 2. The molecule has 2 aromatic carbocycles. The number of nitrogens with zero attached hydrogens (tertiary/aromatic N) is 2. The molecule has 1 heterocycles. The Morgan fingerprint density at radius 2 is 1.63 bits per heavy atom. The van der Waals surface area contributed by atoms with E-state index in [4.69, 9.17) is 4.74 Å². The lowest BCUT2D eigenvalue weighted by Crippen LogP contribution is -2.32. The van der Waals surface area contributed by atoms with E-state index in [0.29, 0.717) is 24.4 Å². The largest absolute Gasteiger partial charge is 0.412 e. The highest BCUT2D eigenvalue weighted by atomic mass is 16.5. The van der Waals surface area contributed by atoms with Gasteiger partial charge in [-0.3, -0.25) is 4.79 Å². The van der Waals surface area contributed by atoms with E-state index >= 15 is 0 Å². The Kier molecular flexibility index (Phi) is 8.24. The van der Waals surface area contributed by atoms with Crippen molar-refractivity contribution in [3.63, 3.8) is 0 Å². The summed E-state index contributed by atoms with van der Waals surface area (Å²) in [5, 5.41) is 2.50.